The predicted octanol–water partition coefficient (Wildman–Crippen LogP) is 3.16. The molecule has 1 N–H and O–H groups in total. The number of rotatable bonds is 4. The summed E-state index contributed by atoms with van der Waals surface area (Å²) in [5.74, 6) is -0.337. The molecule has 3 rings (SSSR count). The van der Waals surface area contributed by atoms with E-state index in [0.29, 0.717) is 6.54 Å². The van der Waals surface area contributed by atoms with Crippen molar-refractivity contribution in [2.75, 3.05) is 5.32 Å². The summed E-state index contributed by atoms with van der Waals surface area (Å²) in [4.78, 5) is 24.5. The highest BCUT2D eigenvalue weighted by atomic mass is 16.2. The zero-order chi connectivity index (χ0) is 17.8. The van der Waals surface area contributed by atoms with E-state index in [0.717, 1.165) is 22.4 Å². The van der Waals surface area contributed by atoms with Crippen LogP contribution in [0.3, 0.4) is 0 Å². The molecule has 2 aromatic carbocycles. The number of amides is 1. The molecule has 0 aliphatic heterocycles. The number of anilines is 1. The molecule has 1 amide bonds. The van der Waals surface area contributed by atoms with Gasteiger partial charge in [0.15, 0.2) is 0 Å². The van der Waals surface area contributed by atoms with E-state index in [4.69, 9.17) is 0 Å². The summed E-state index contributed by atoms with van der Waals surface area (Å²) in [5, 5.41) is 7.07. The number of aromatic nitrogens is 2. The van der Waals surface area contributed by atoms with Crippen LogP contribution in [0.15, 0.2) is 65.5 Å². The monoisotopic (exact) mass is 333 g/mol. The van der Waals surface area contributed by atoms with Crippen molar-refractivity contribution in [2.24, 2.45) is 0 Å². The van der Waals surface area contributed by atoms with Gasteiger partial charge in [0.1, 0.15) is 5.69 Å². The maximum atomic E-state index is 12.5. The molecule has 0 spiro atoms. The van der Waals surface area contributed by atoms with Crippen LogP contribution in [-0.2, 0) is 6.54 Å². The lowest BCUT2D eigenvalue weighted by atomic mass is 10.1. The average Bonchev–Trinajstić information content (AvgIpc) is 2.61. The molecule has 5 nitrogen and oxygen atoms in total. The molecule has 126 valence electrons. The normalized spacial score (nSPS) is 10.5. The Morgan fingerprint density at radius 3 is 2.52 bits per heavy atom. The van der Waals surface area contributed by atoms with Gasteiger partial charge in [0.05, 0.1) is 6.54 Å². The lowest BCUT2D eigenvalue weighted by Gasteiger charge is -2.11. The quantitative estimate of drug-likeness (QED) is 0.798. The van der Waals surface area contributed by atoms with Gasteiger partial charge in [-0.1, -0.05) is 42.5 Å². The molecule has 0 unspecified atom stereocenters. The van der Waals surface area contributed by atoms with Gasteiger partial charge in [-0.2, -0.15) is 5.10 Å². The summed E-state index contributed by atoms with van der Waals surface area (Å²) in [5.41, 5.74) is 3.76. The Balaban J connectivity index is 1.85. The van der Waals surface area contributed by atoms with Crippen LogP contribution in [0.4, 0.5) is 5.69 Å². The van der Waals surface area contributed by atoms with Crippen LogP contribution in [0.5, 0.6) is 0 Å². The van der Waals surface area contributed by atoms with Crippen LogP contribution in [0.1, 0.15) is 27.2 Å². The van der Waals surface area contributed by atoms with Crippen molar-refractivity contribution < 1.29 is 4.79 Å². The number of carbonyl (C=O) groups is 1. The Morgan fingerprint density at radius 1 is 1.00 bits per heavy atom. The van der Waals surface area contributed by atoms with Crippen molar-refractivity contribution in [1.82, 2.24) is 9.78 Å². The number of aryl methyl sites for hydroxylation is 1. The maximum Gasteiger partial charge on any atom is 0.276 e. The van der Waals surface area contributed by atoms with E-state index in [1.165, 1.54) is 16.8 Å². The molecule has 0 fully saturated rings. The molecule has 1 heterocycles. The molecule has 0 bridgehead atoms. The third-order valence-electron chi connectivity index (χ3n) is 4.13. The van der Waals surface area contributed by atoms with Gasteiger partial charge in [0.25, 0.3) is 11.5 Å². The van der Waals surface area contributed by atoms with Crippen molar-refractivity contribution in [3.63, 3.8) is 0 Å². The Kier molecular flexibility index (Phi) is 4.75. The van der Waals surface area contributed by atoms with Gasteiger partial charge in [-0.25, -0.2) is 4.68 Å². The van der Waals surface area contributed by atoms with Gasteiger partial charge >= 0.3 is 0 Å². The largest absolute Gasteiger partial charge is 0.320 e. The fraction of sp³-hybridized carbons (Fsp3) is 0.150. The molecule has 0 saturated heterocycles. The molecule has 0 radical (unpaired) electrons. The first kappa shape index (κ1) is 16.6. The Hall–Kier alpha value is -3.21. The number of nitrogens with one attached hydrogen (secondary N) is 1. The standard InChI is InChI=1S/C20H19N3O2/c1-14-7-6-10-17(15(14)2)21-20(25)18-11-12-19(24)23(22-18)13-16-8-4-3-5-9-16/h3-12H,13H2,1-2H3,(H,21,25). The van der Waals surface area contributed by atoms with Gasteiger partial charge in [-0.05, 0) is 42.7 Å². The van der Waals surface area contributed by atoms with E-state index >= 15 is 0 Å². The van der Waals surface area contributed by atoms with Crippen LogP contribution < -0.4 is 10.9 Å². The smallest absolute Gasteiger partial charge is 0.276 e. The zero-order valence-electron chi connectivity index (χ0n) is 14.2. The van der Waals surface area contributed by atoms with Gasteiger partial charge in [-0.3, -0.25) is 9.59 Å². The van der Waals surface area contributed by atoms with Gasteiger partial charge in [0, 0.05) is 11.8 Å². The first-order chi connectivity index (χ1) is 12.0. The Morgan fingerprint density at radius 2 is 1.76 bits per heavy atom. The molecule has 3 aromatic rings. The number of benzene rings is 2. The SMILES string of the molecule is Cc1cccc(NC(=O)c2ccc(=O)n(Cc3ccccc3)n2)c1C. The lowest BCUT2D eigenvalue weighted by molar-refractivity contribution is 0.102. The van der Waals surface area contributed by atoms with Crippen LogP contribution in [-0.4, -0.2) is 15.7 Å². The Labute approximate surface area is 145 Å². The number of carbonyl (C=O) groups excluding carboxylic acids is 1. The van der Waals surface area contributed by atoms with Gasteiger partial charge in [0.2, 0.25) is 0 Å². The van der Waals surface area contributed by atoms with Crippen molar-refractivity contribution in [1.29, 1.82) is 0 Å². The number of nitrogens with zero attached hydrogens (tertiary/aromatic N) is 2. The molecular formula is C20H19N3O2. The molecule has 0 aliphatic carbocycles. The average molecular weight is 333 g/mol. The molecule has 0 aliphatic rings. The molecule has 1 aromatic heterocycles. The highest BCUT2D eigenvalue weighted by molar-refractivity contribution is 6.03. The maximum absolute atomic E-state index is 12.5. The topological polar surface area (TPSA) is 64.0 Å². The molecular weight excluding hydrogens is 314 g/mol. The van der Waals surface area contributed by atoms with E-state index in [1.54, 1.807) is 0 Å². The Bertz CT molecular complexity index is 962. The van der Waals surface area contributed by atoms with Gasteiger partial charge in [-0.15, -0.1) is 0 Å². The van der Waals surface area contributed by atoms with Crippen molar-refractivity contribution >= 4 is 11.6 Å². The zero-order valence-corrected chi connectivity index (χ0v) is 14.2. The predicted molar refractivity (Wildman–Crippen MR) is 97.9 cm³/mol. The van der Waals surface area contributed by atoms with E-state index in [1.807, 2.05) is 62.4 Å². The number of hydrogen-bond donors (Lipinski definition) is 1. The third-order valence-corrected chi connectivity index (χ3v) is 4.13. The summed E-state index contributed by atoms with van der Waals surface area (Å²) >= 11 is 0. The fourth-order valence-electron chi connectivity index (χ4n) is 2.51. The minimum Gasteiger partial charge on any atom is -0.320 e. The highest BCUT2D eigenvalue weighted by Crippen LogP contribution is 2.18. The van der Waals surface area contributed by atoms with Crippen molar-refractivity contribution in [2.45, 2.75) is 20.4 Å². The van der Waals surface area contributed by atoms with E-state index < -0.39 is 0 Å². The van der Waals surface area contributed by atoms with Crippen LogP contribution in [0.25, 0.3) is 0 Å². The van der Waals surface area contributed by atoms with E-state index in [2.05, 4.69) is 10.4 Å². The lowest BCUT2D eigenvalue weighted by Crippen LogP contribution is -2.26. The van der Waals surface area contributed by atoms with E-state index in [-0.39, 0.29) is 17.2 Å². The summed E-state index contributed by atoms with van der Waals surface area (Å²) in [6.07, 6.45) is 0. The van der Waals surface area contributed by atoms with Gasteiger partial charge < -0.3 is 5.32 Å². The number of hydrogen-bond acceptors (Lipinski definition) is 3. The highest BCUT2D eigenvalue weighted by Gasteiger charge is 2.12. The summed E-state index contributed by atoms with van der Waals surface area (Å²) < 4.78 is 1.30. The van der Waals surface area contributed by atoms with Crippen molar-refractivity contribution in [3.8, 4) is 0 Å². The first-order valence-electron chi connectivity index (χ1n) is 8.04. The third kappa shape index (κ3) is 3.83. The second-order valence-electron chi connectivity index (χ2n) is 5.90. The minimum atomic E-state index is -0.337. The summed E-state index contributed by atoms with van der Waals surface area (Å²) in [7, 11) is 0. The summed E-state index contributed by atoms with van der Waals surface area (Å²) in [6.45, 7) is 4.27. The summed E-state index contributed by atoms with van der Waals surface area (Å²) in [6, 6.07) is 18.1. The second-order valence-corrected chi connectivity index (χ2v) is 5.90. The molecule has 5 heteroatoms. The van der Waals surface area contributed by atoms with E-state index in [9.17, 15) is 9.59 Å². The second kappa shape index (κ2) is 7.13. The molecule has 0 atom stereocenters. The first-order valence-corrected chi connectivity index (χ1v) is 8.04. The van der Waals surface area contributed by atoms with Crippen LogP contribution >= 0.6 is 0 Å². The van der Waals surface area contributed by atoms with Crippen molar-refractivity contribution in [3.05, 3.63) is 93.4 Å². The molecule has 25 heavy (non-hydrogen) atoms. The molecule has 0 saturated carbocycles. The van der Waals surface area contributed by atoms with Crippen LogP contribution in [0.2, 0.25) is 0 Å². The fourth-order valence-corrected chi connectivity index (χ4v) is 2.51. The minimum absolute atomic E-state index is 0.205. The van der Waals surface area contributed by atoms with Crippen LogP contribution in [0, 0.1) is 13.8 Å².